The van der Waals surface area contributed by atoms with E-state index in [2.05, 4.69) is 0 Å². The molecule has 1 saturated heterocycles. The lowest BCUT2D eigenvalue weighted by Crippen LogP contribution is -2.62. The zero-order chi connectivity index (χ0) is 41.9. The van der Waals surface area contributed by atoms with E-state index in [1.807, 2.05) is 121 Å². The molecule has 0 aromatic heterocycles. The Kier molecular flexibility index (Phi) is 14.3. The molecule has 0 aliphatic carbocycles. The molecule has 11 heteroatoms. The van der Waals surface area contributed by atoms with Crippen LogP contribution in [0.2, 0.25) is 0 Å². The van der Waals surface area contributed by atoms with E-state index in [1.165, 1.54) is 0 Å². The maximum atomic E-state index is 14.1. The highest BCUT2D eigenvalue weighted by Crippen LogP contribution is 2.35. The minimum atomic E-state index is -1.48. The maximum Gasteiger partial charge on any atom is 0.338 e. The van der Waals surface area contributed by atoms with Crippen molar-refractivity contribution in [1.29, 1.82) is 0 Å². The maximum absolute atomic E-state index is 14.1. The highest BCUT2D eigenvalue weighted by molar-refractivity contribution is 6.20. The molecule has 2 aliphatic heterocycles. The number of carbonyl (C=O) groups is 3. The van der Waals surface area contributed by atoms with Crippen molar-refractivity contribution < 1.29 is 47.6 Å². The first kappa shape index (κ1) is 42.6. The Balaban J connectivity index is 1.25. The molecule has 11 nitrogen and oxygen atoms in total. The number of amides is 2. The minimum Gasteiger partial charge on any atom is -0.458 e. The molecule has 60 heavy (non-hydrogen) atoms. The molecule has 0 saturated carbocycles. The first-order valence-electron chi connectivity index (χ1n) is 20.2. The molecule has 0 spiro atoms. The van der Waals surface area contributed by atoms with Gasteiger partial charge in [-0.05, 0) is 55.2 Å². The van der Waals surface area contributed by atoms with Crippen molar-refractivity contribution in [2.45, 2.75) is 95.8 Å². The predicted molar refractivity (Wildman–Crippen MR) is 222 cm³/mol. The summed E-state index contributed by atoms with van der Waals surface area (Å²) in [4.78, 5) is 47.4. The van der Waals surface area contributed by atoms with Gasteiger partial charge < -0.3 is 28.4 Å². The van der Waals surface area contributed by atoms with Crippen LogP contribution in [0.15, 0.2) is 146 Å². The summed E-state index contributed by atoms with van der Waals surface area (Å²) in [7, 11) is 0. The molecule has 2 heterocycles. The number of benzene rings is 5. The van der Waals surface area contributed by atoms with Crippen molar-refractivity contribution in [2.24, 2.45) is 0 Å². The molecule has 0 unspecified atom stereocenters. The van der Waals surface area contributed by atoms with Crippen molar-refractivity contribution in [2.75, 3.05) is 6.61 Å². The highest BCUT2D eigenvalue weighted by atomic mass is 16.7. The third-order valence-corrected chi connectivity index (χ3v) is 10.1. The fraction of sp³-hybridized carbons (Fsp3) is 0.327. The van der Waals surface area contributed by atoms with Crippen LogP contribution in [0.1, 0.15) is 70.2 Å². The van der Waals surface area contributed by atoms with E-state index >= 15 is 0 Å². The Hall–Kier alpha value is -5.53. The Bertz CT molecular complexity index is 2110. The average molecular weight is 814 g/mol. The summed E-state index contributed by atoms with van der Waals surface area (Å²) in [6.45, 7) is 6.23. The number of rotatable bonds is 18. The van der Waals surface area contributed by atoms with Crippen molar-refractivity contribution in [3.05, 3.63) is 179 Å². The number of hydrogen-bond acceptors (Lipinski definition) is 10. The molecule has 312 valence electrons. The van der Waals surface area contributed by atoms with Gasteiger partial charge in [-0.3, -0.25) is 9.59 Å². The second-order valence-corrected chi connectivity index (χ2v) is 15.8. The van der Waals surface area contributed by atoms with E-state index in [4.69, 9.17) is 33.3 Å². The highest BCUT2D eigenvalue weighted by Gasteiger charge is 2.51. The smallest absolute Gasteiger partial charge is 0.338 e. The number of nitrogens with zero attached hydrogens (tertiary/aromatic N) is 1. The number of hydrogen-bond donors (Lipinski definition) is 0. The number of fused-ring (bicyclic) bond motifs is 1. The van der Waals surface area contributed by atoms with E-state index in [0.717, 1.165) is 22.3 Å². The van der Waals surface area contributed by atoms with Gasteiger partial charge in [0.15, 0.2) is 6.10 Å². The van der Waals surface area contributed by atoms with Gasteiger partial charge in [0.05, 0.1) is 50.3 Å². The number of imide groups is 1. The molecule has 5 aromatic rings. The second kappa shape index (κ2) is 20.2. The summed E-state index contributed by atoms with van der Waals surface area (Å²) in [6, 6.07) is 45.5. The van der Waals surface area contributed by atoms with E-state index < -0.39 is 60.0 Å². The number of esters is 1. The van der Waals surface area contributed by atoms with Crippen LogP contribution in [-0.4, -0.2) is 71.7 Å². The van der Waals surface area contributed by atoms with Gasteiger partial charge in [-0.1, -0.05) is 133 Å². The lowest BCUT2D eigenvalue weighted by atomic mass is 9.91. The van der Waals surface area contributed by atoms with Crippen LogP contribution >= 0.6 is 0 Å². The molecular formula is C49H51NO10. The Morgan fingerprint density at radius 3 is 1.42 bits per heavy atom. The lowest BCUT2D eigenvalue weighted by Gasteiger charge is -2.47. The van der Waals surface area contributed by atoms with E-state index in [0.29, 0.717) is 11.7 Å². The Labute approximate surface area is 351 Å². The average Bonchev–Trinajstić information content (AvgIpc) is 3.50. The summed E-state index contributed by atoms with van der Waals surface area (Å²) in [5.74, 6) is -2.15. The molecule has 0 bridgehead atoms. The van der Waals surface area contributed by atoms with Crippen molar-refractivity contribution >= 4 is 17.8 Å². The van der Waals surface area contributed by atoms with Crippen LogP contribution < -0.4 is 0 Å². The van der Waals surface area contributed by atoms with Crippen LogP contribution in [0.3, 0.4) is 0 Å². The van der Waals surface area contributed by atoms with Gasteiger partial charge in [0.25, 0.3) is 11.8 Å². The Morgan fingerprint density at radius 2 is 0.967 bits per heavy atom. The topological polar surface area (TPSA) is 119 Å². The van der Waals surface area contributed by atoms with Crippen LogP contribution in [0.5, 0.6) is 0 Å². The third-order valence-electron chi connectivity index (χ3n) is 10.1. The molecule has 0 radical (unpaired) electrons. The molecule has 7 rings (SSSR count). The predicted octanol–water partition coefficient (Wildman–Crippen LogP) is 8.06. The third kappa shape index (κ3) is 11.2. The molecule has 0 N–H and O–H groups in total. The van der Waals surface area contributed by atoms with Crippen molar-refractivity contribution in [3.63, 3.8) is 0 Å². The summed E-state index contributed by atoms with van der Waals surface area (Å²) in [6.07, 6.45) is -5.70. The number of ether oxygens (including phenoxy) is 6. The molecule has 2 aliphatic rings. The standard InChI is InChI=1S/C49H51NO10/c1-49(2,3)59-48(53)41(60-50-46(51)38-26-16-17-27-39(38)47(50)52)28-40-43(55-30-35-20-10-5-11-21-35)45(57-32-37-24-14-7-15-25-37)44(56-31-36-22-12-6-13-23-36)42(58-40)33-54-29-34-18-8-4-9-19-34/h4-27,40-45H,28-33H2,1-3H3/t40-,41-,42-,43+,44-,45-/m1/s1. The van der Waals surface area contributed by atoms with Gasteiger partial charge in [0.2, 0.25) is 0 Å². The fourth-order valence-corrected chi connectivity index (χ4v) is 7.23. The van der Waals surface area contributed by atoms with Crippen LogP contribution in [0.4, 0.5) is 0 Å². The summed E-state index contributed by atoms with van der Waals surface area (Å²) >= 11 is 0. The van der Waals surface area contributed by atoms with Crippen molar-refractivity contribution in [1.82, 2.24) is 5.06 Å². The monoisotopic (exact) mass is 813 g/mol. The molecule has 6 atom stereocenters. The van der Waals surface area contributed by atoms with Crippen LogP contribution in [0, 0.1) is 0 Å². The molecular weight excluding hydrogens is 763 g/mol. The van der Waals surface area contributed by atoms with Crippen molar-refractivity contribution in [3.8, 4) is 0 Å². The van der Waals surface area contributed by atoms with Crippen LogP contribution in [0.25, 0.3) is 0 Å². The SMILES string of the molecule is CC(C)(C)OC(=O)[C@@H](C[C@H]1O[C@H](COCc2ccccc2)[C@@H](OCc2ccccc2)[C@H](OCc2ccccc2)[C@H]1OCc1ccccc1)ON1C(=O)c2ccccc2C1=O. The van der Waals surface area contributed by atoms with Gasteiger partial charge >= 0.3 is 5.97 Å². The lowest BCUT2D eigenvalue weighted by molar-refractivity contribution is -0.279. The summed E-state index contributed by atoms with van der Waals surface area (Å²) in [5, 5.41) is 0.636. The van der Waals surface area contributed by atoms with Gasteiger partial charge in [0, 0.05) is 6.42 Å². The van der Waals surface area contributed by atoms with Gasteiger partial charge in [-0.15, -0.1) is 5.06 Å². The number of carbonyl (C=O) groups excluding carboxylic acids is 3. The largest absolute Gasteiger partial charge is 0.458 e. The summed E-state index contributed by atoms with van der Waals surface area (Å²) in [5.41, 5.74) is 3.18. The second-order valence-electron chi connectivity index (χ2n) is 15.8. The zero-order valence-electron chi connectivity index (χ0n) is 34.1. The summed E-state index contributed by atoms with van der Waals surface area (Å²) < 4.78 is 39.6. The van der Waals surface area contributed by atoms with Gasteiger partial charge in [0.1, 0.15) is 30.0 Å². The van der Waals surface area contributed by atoms with Crippen LogP contribution in [-0.2, 0) is 64.5 Å². The molecule has 2 amide bonds. The van der Waals surface area contributed by atoms with Gasteiger partial charge in [-0.2, -0.15) is 0 Å². The molecule has 1 fully saturated rings. The number of hydroxylamine groups is 2. The van der Waals surface area contributed by atoms with E-state index in [-0.39, 0.29) is 44.0 Å². The first-order valence-corrected chi connectivity index (χ1v) is 20.2. The molecule has 5 aromatic carbocycles. The van der Waals surface area contributed by atoms with Gasteiger partial charge in [-0.25, -0.2) is 9.63 Å². The van der Waals surface area contributed by atoms with E-state index in [1.54, 1.807) is 45.0 Å². The normalized spacial score (nSPS) is 20.8. The Morgan fingerprint density at radius 1 is 0.567 bits per heavy atom. The first-order chi connectivity index (χ1) is 29.1. The quantitative estimate of drug-likeness (QED) is 0.0635. The zero-order valence-corrected chi connectivity index (χ0v) is 34.1. The minimum absolute atomic E-state index is 0.0951. The van der Waals surface area contributed by atoms with E-state index in [9.17, 15) is 14.4 Å². The fourth-order valence-electron chi connectivity index (χ4n) is 7.23.